The summed E-state index contributed by atoms with van der Waals surface area (Å²) in [6.45, 7) is 3.38. The Labute approximate surface area is 181 Å². The van der Waals surface area contributed by atoms with E-state index in [0.29, 0.717) is 35.1 Å². The molecule has 3 aromatic rings. The molecule has 1 aliphatic rings. The summed E-state index contributed by atoms with van der Waals surface area (Å²) >= 11 is 0. The van der Waals surface area contributed by atoms with Crippen molar-refractivity contribution in [1.82, 2.24) is 20.3 Å². The highest BCUT2D eigenvalue weighted by Crippen LogP contribution is 2.33. The van der Waals surface area contributed by atoms with Gasteiger partial charge in [-0.1, -0.05) is 0 Å². The van der Waals surface area contributed by atoms with Crippen molar-refractivity contribution in [2.24, 2.45) is 4.36 Å². The normalized spacial score (nSPS) is 18.8. The number of aromatic nitrogens is 3. The molecule has 1 aromatic carbocycles. The van der Waals surface area contributed by atoms with E-state index in [0.717, 1.165) is 17.5 Å². The Bertz CT molecular complexity index is 1220. The maximum absolute atomic E-state index is 12.1. The minimum atomic E-state index is -2.27. The van der Waals surface area contributed by atoms with Gasteiger partial charge in [0.2, 0.25) is 5.88 Å². The summed E-state index contributed by atoms with van der Waals surface area (Å²) in [4.78, 5) is 13.2. The van der Waals surface area contributed by atoms with Crippen molar-refractivity contribution in [1.29, 1.82) is 0 Å². The van der Waals surface area contributed by atoms with Crippen LogP contribution in [-0.2, 0) is 14.5 Å². The molecular formula is C21H26N6O3S. The van der Waals surface area contributed by atoms with Crippen molar-refractivity contribution < 1.29 is 13.7 Å². The van der Waals surface area contributed by atoms with Gasteiger partial charge in [-0.2, -0.15) is 4.36 Å². The fraction of sp³-hybridized carbons (Fsp3) is 0.381. The zero-order valence-corrected chi connectivity index (χ0v) is 18.8. The van der Waals surface area contributed by atoms with E-state index >= 15 is 0 Å². The fourth-order valence-corrected chi connectivity index (χ4v) is 4.22. The van der Waals surface area contributed by atoms with Crippen LogP contribution in [0.3, 0.4) is 0 Å². The third kappa shape index (κ3) is 4.92. The molecule has 0 unspecified atom stereocenters. The molecule has 0 bridgehead atoms. The summed E-state index contributed by atoms with van der Waals surface area (Å²) in [5.74, 6) is 1.11. The molecule has 0 amide bonds. The average molecular weight is 443 g/mol. The maximum Gasteiger partial charge on any atom is 0.238 e. The second kappa shape index (κ2) is 8.74. The average Bonchev–Trinajstić information content (AvgIpc) is 3.15. The predicted octanol–water partition coefficient (Wildman–Crippen LogP) is 2.80. The first-order chi connectivity index (χ1) is 14.8. The van der Waals surface area contributed by atoms with Gasteiger partial charge in [0.25, 0.3) is 0 Å². The Morgan fingerprint density at radius 3 is 2.77 bits per heavy atom. The zero-order chi connectivity index (χ0) is 22.0. The van der Waals surface area contributed by atoms with Crippen molar-refractivity contribution in [3.8, 4) is 5.88 Å². The third-order valence-corrected chi connectivity index (χ3v) is 5.59. The second-order valence-electron chi connectivity index (χ2n) is 7.72. The number of rotatable bonds is 6. The summed E-state index contributed by atoms with van der Waals surface area (Å²) in [5, 5.41) is 7.47. The van der Waals surface area contributed by atoms with Gasteiger partial charge in [0.05, 0.1) is 11.2 Å². The molecule has 2 atom stereocenters. The Kier molecular flexibility index (Phi) is 6.03. The van der Waals surface area contributed by atoms with Crippen molar-refractivity contribution in [2.45, 2.75) is 19.1 Å². The van der Waals surface area contributed by atoms with E-state index in [-0.39, 0.29) is 12.2 Å². The molecule has 31 heavy (non-hydrogen) atoms. The van der Waals surface area contributed by atoms with Gasteiger partial charge in [0.1, 0.15) is 30.0 Å². The Morgan fingerprint density at radius 2 is 2.00 bits per heavy atom. The monoisotopic (exact) mass is 442 g/mol. The largest absolute Gasteiger partial charge is 0.469 e. The predicted molar refractivity (Wildman–Crippen MR) is 122 cm³/mol. The number of pyridine rings is 1. The fourth-order valence-electron chi connectivity index (χ4n) is 3.61. The molecule has 0 spiro atoms. The van der Waals surface area contributed by atoms with E-state index in [1.54, 1.807) is 25.8 Å². The van der Waals surface area contributed by atoms with E-state index in [9.17, 15) is 4.21 Å². The smallest absolute Gasteiger partial charge is 0.238 e. The van der Waals surface area contributed by atoms with E-state index in [4.69, 9.17) is 9.47 Å². The highest BCUT2D eigenvalue weighted by Gasteiger charge is 2.29. The number of methoxy groups -OCH3 is 1. The molecule has 9 nitrogen and oxygen atoms in total. The van der Waals surface area contributed by atoms with Crippen molar-refractivity contribution in [3.05, 3.63) is 42.4 Å². The number of nitrogens with one attached hydrogen (secondary N) is 2. The van der Waals surface area contributed by atoms with Gasteiger partial charge in [0.15, 0.2) is 0 Å². The van der Waals surface area contributed by atoms with Crippen LogP contribution in [-0.4, -0.2) is 64.1 Å². The van der Waals surface area contributed by atoms with Gasteiger partial charge in [-0.05, 0) is 36.8 Å². The molecule has 0 radical (unpaired) electrons. The zero-order valence-electron chi connectivity index (χ0n) is 18.0. The Balaban J connectivity index is 1.69. The lowest BCUT2D eigenvalue weighted by atomic mass is 10.1. The number of anilines is 2. The molecule has 1 saturated heterocycles. The molecule has 0 saturated carbocycles. The number of fused-ring (bicyclic) bond motifs is 1. The number of hydrogen-bond acceptors (Lipinski definition) is 9. The molecule has 0 aliphatic carbocycles. The number of hydrogen-bond donors (Lipinski definition) is 2. The van der Waals surface area contributed by atoms with E-state index in [2.05, 4.69) is 29.9 Å². The molecule has 3 heterocycles. The van der Waals surface area contributed by atoms with Gasteiger partial charge in [-0.3, -0.25) is 0 Å². The van der Waals surface area contributed by atoms with Crippen LogP contribution in [0.5, 0.6) is 5.88 Å². The lowest BCUT2D eigenvalue weighted by molar-refractivity contribution is 0.0329. The first kappa shape index (κ1) is 21.4. The number of benzene rings is 1. The maximum atomic E-state index is 12.1. The van der Waals surface area contributed by atoms with Crippen LogP contribution in [0, 0.1) is 6.92 Å². The number of aryl methyl sites for hydroxylation is 1. The quantitative estimate of drug-likeness (QED) is 0.600. The van der Waals surface area contributed by atoms with E-state index in [1.165, 1.54) is 6.33 Å². The summed E-state index contributed by atoms with van der Waals surface area (Å²) in [6, 6.07) is 7.43. The number of ether oxygens (including phenoxy) is 2. The van der Waals surface area contributed by atoms with Gasteiger partial charge < -0.3 is 20.1 Å². The standard InChI is InChI=1S/C21H26N6O3S/c1-13-8-14(27-31(3,4)28)9-16-19(13)20(25-12-24-16)26-15-6-5-7-23-21(15)30-18-11-22-10-17(18)29-2/h5-9,12,17-18,22H,10-11H2,1-4H3,(H,24,25,26)/t17-,18-/m1/s1. The molecule has 2 aromatic heterocycles. The molecule has 164 valence electrons. The first-order valence-corrected chi connectivity index (χ1v) is 12.2. The molecule has 4 rings (SSSR count). The summed E-state index contributed by atoms with van der Waals surface area (Å²) < 4.78 is 28.0. The van der Waals surface area contributed by atoms with E-state index < -0.39 is 9.73 Å². The summed E-state index contributed by atoms with van der Waals surface area (Å²) in [6.07, 6.45) is 6.23. The van der Waals surface area contributed by atoms with Crippen molar-refractivity contribution in [3.63, 3.8) is 0 Å². The Morgan fingerprint density at radius 1 is 1.19 bits per heavy atom. The SMILES string of the molecule is CO[C@@H]1CNC[C@H]1Oc1ncccc1Nc1ncnc2cc(N=S(C)(C)=O)cc(C)c12. The van der Waals surface area contributed by atoms with Crippen molar-refractivity contribution >= 4 is 37.8 Å². The molecule has 1 aliphatic heterocycles. The minimum Gasteiger partial charge on any atom is -0.469 e. The first-order valence-electron chi connectivity index (χ1n) is 9.89. The van der Waals surface area contributed by atoms with Crippen LogP contribution in [0.25, 0.3) is 10.9 Å². The van der Waals surface area contributed by atoms with Crippen LogP contribution >= 0.6 is 0 Å². The van der Waals surface area contributed by atoms with E-state index in [1.807, 2.05) is 31.2 Å². The molecule has 1 fully saturated rings. The summed E-state index contributed by atoms with van der Waals surface area (Å²) in [7, 11) is -0.591. The van der Waals surface area contributed by atoms with Crippen molar-refractivity contribution in [2.75, 3.05) is 38.0 Å². The third-order valence-electron chi connectivity index (χ3n) is 4.94. The number of nitrogens with zero attached hydrogens (tertiary/aromatic N) is 4. The Hall–Kier alpha value is -2.82. The van der Waals surface area contributed by atoms with Gasteiger partial charge in [-0.25, -0.2) is 19.2 Å². The highest BCUT2D eigenvalue weighted by atomic mass is 32.2. The molecule has 2 N–H and O–H groups in total. The summed E-state index contributed by atoms with van der Waals surface area (Å²) in [5.41, 5.74) is 2.97. The van der Waals surface area contributed by atoms with Crippen LogP contribution in [0.1, 0.15) is 5.56 Å². The molecule has 10 heteroatoms. The van der Waals surface area contributed by atoms with Gasteiger partial charge in [0, 0.05) is 54.0 Å². The van der Waals surface area contributed by atoms with Gasteiger partial charge >= 0.3 is 0 Å². The molecular weight excluding hydrogens is 416 g/mol. The highest BCUT2D eigenvalue weighted by molar-refractivity contribution is 7.92. The van der Waals surface area contributed by atoms with Gasteiger partial charge in [-0.15, -0.1) is 0 Å². The lowest BCUT2D eigenvalue weighted by Gasteiger charge is -2.20. The van der Waals surface area contributed by atoms with Crippen LogP contribution in [0.2, 0.25) is 0 Å². The lowest BCUT2D eigenvalue weighted by Crippen LogP contribution is -2.32. The van der Waals surface area contributed by atoms with Crippen LogP contribution in [0.4, 0.5) is 17.2 Å². The van der Waals surface area contributed by atoms with Crippen LogP contribution < -0.4 is 15.4 Å². The minimum absolute atomic E-state index is 0.0356. The second-order valence-corrected chi connectivity index (χ2v) is 10.3. The topological polar surface area (TPSA) is 111 Å². The van der Waals surface area contributed by atoms with Crippen LogP contribution in [0.15, 0.2) is 41.2 Å².